The van der Waals surface area contributed by atoms with E-state index in [9.17, 15) is 14.0 Å². The summed E-state index contributed by atoms with van der Waals surface area (Å²) in [5.41, 5.74) is 2.18. The fourth-order valence-electron chi connectivity index (χ4n) is 3.11. The first kappa shape index (κ1) is 19.2. The number of esters is 1. The van der Waals surface area contributed by atoms with E-state index in [1.165, 1.54) is 24.1 Å². The second-order valence-electron chi connectivity index (χ2n) is 6.21. The van der Waals surface area contributed by atoms with Crippen molar-refractivity contribution in [2.24, 2.45) is 4.99 Å². The Balaban J connectivity index is 2.27. The smallest absolute Gasteiger partial charge is 0.328 e. The van der Waals surface area contributed by atoms with Gasteiger partial charge in [-0.2, -0.15) is 0 Å². The molecule has 0 N–H and O–H groups in total. The van der Waals surface area contributed by atoms with Crippen molar-refractivity contribution < 1.29 is 18.7 Å². The van der Waals surface area contributed by atoms with Crippen molar-refractivity contribution in [3.8, 4) is 0 Å². The van der Waals surface area contributed by atoms with Crippen LogP contribution < -0.4 is 4.90 Å². The molecule has 0 radical (unpaired) electrons. The number of halogens is 2. The summed E-state index contributed by atoms with van der Waals surface area (Å²) in [6, 6.07) is 9.84. The number of hydrogen-bond donors (Lipinski definition) is 0. The Morgan fingerprint density at radius 1 is 1.30 bits per heavy atom. The van der Waals surface area contributed by atoms with Crippen molar-refractivity contribution in [1.82, 2.24) is 0 Å². The quantitative estimate of drug-likeness (QED) is 0.694. The highest BCUT2D eigenvalue weighted by molar-refractivity contribution is 9.10. The fraction of sp³-hybridized carbons (Fsp3) is 0.250. The molecule has 2 aromatic carbocycles. The molecule has 7 heteroatoms. The number of anilines is 1. The second kappa shape index (κ2) is 7.60. The summed E-state index contributed by atoms with van der Waals surface area (Å²) < 4.78 is 19.3. The van der Waals surface area contributed by atoms with Gasteiger partial charge in [-0.1, -0.05) is 24.3 Å². The lowest BCUT2D eigenvalue weighted by Gasteiger charge is -2.29. The Labute approximate surface area is 165 Å². The van der Waals surface area contributed by atoms with Crippen LogP contribution in [-0.2, 0) is 14.3 Å². The lowest BCUT2D eigenvalue weighted by atomic mass is 9.99. The average Bonchev–Trinajstić information content (AvgIpc) is 2.76. The van der Waals surface area contributed by atoms with Gasteiger partial charge in [-0.25, -0.2) is 9.18 Å². The van der Waals surface area contributed by atoms with Gasteiger partial charge in [0.15, 0.2) is 0 Å². The number of methoxy groups -OCH3 is 1. The van der Waals surface area contributed by atoms with Crippen LogP contribution >= 0.6 is 15.9 Å². The monoisotopic (exact) mass is 432 g/mol. The number of aliphatic imine (C=N–C) groups is 1. The first-order valence-electron chi connectivity index (χ1n) is 8.38. The van der Waals surface area contributed by atoms with E-state index in [1.54, 1.807) is 44.2 Å². The topological polar surface area (TPSA) is 59.0 Å². The molecule has 0 saturated heterocycles. The highest BCUT2D eigenvalue weighted by Crippen LogP contribution is 2.36. The van der Waals surface area contributed by atoms with Crippen molar-refractivity contribution in [2.75, 3.05) is 12.0 Å². The summed E-state index contributed by atoms with van der Waals surface area (Å²) in [5, 5.41) is 0. The van der Waals surface area contributed by atoms with Gasteiger partial charge < -0.3 is 4.74 Å². The Hall–Kier alpha value is -2.54. The van der Waals surface area contributed by atoms with Crippen molar-refractivity contribution in [1.29, 1.82) is 0 Å². The van der Waals surface area contributed by atoms with Crippen LogP contribution in [0, 0.1) is 5.82 Å². The molecule has 0 fully saturated rings. The second-order valence-corrected chi connectivity index (χ2v) is 7.06. The summed E-state index contributed by atoms with van der Waals surface area (Å²) in [4.78, 5) is 31.2. The molecule has 3 rings (SSSR count). The largest absolute Gasteiger partial charge is 0.467 e. The zero-order valence-electron chi connectivity index (χ0n) is 15.1. The zero-order valence-corrected chi connectivity index (χ0v) is 16.7. The number of benzodiazepines with no additional fused rings is 1. The number of fused-ring (bicyclic) bond motifs is 1. The molecule has 0 spiro atoms. The van der Waals surface area contributed by atoms with Gasteiger partial charge >= 0.3 is 5.97 Å². The van der Waals surface area contributed by atoms with Crippen LogP contribution in [0.25, 0.3) is 0 Å². The van der Waals surface area contributed by atoms with Gasteiger partial charge in [0.1, 0.15) is 17.9 Å². The number of rotatable bonds is 3. The van der Waals surface area contributed by atoms with E-state index < -0.39 is 23.9 Å². The number of carbonyl (C=O) groups is 2. The molecular weight excluding hydrogens is 415 g/mol. The first-order valence-corrected chi connectivity index (χ1v) is 9.18. The van der Waals surface area contributed by atoms with Gasteiger partial charge in [0, 0.05) is 15.6 Å². The number of amides is 1. The van der Waals surface area contributed by atoms with Gasteiger partial charge in [0.25, 0.3) is 5.91 Å². The van der Waals surface area contributed by atoms with Crippen LogP contribution in [0.3, 0.4) is 0 Å². The van der Waals surface area contributed by atoms with Crippen LogP contribution in [-0.4, -0.2) is 36.8 Å². The molecule has 0 saturated carbocycles. The van der Waals surface area contributed by atoms with Crippen LogP contribution in [0.2, 0.25) is 0 Å². The fourth-order valence-corrected chi connectivity index (χ4v) is 3.66. The van der Waals surface area contributed by atoms with Crippen molar-refractivity contribution >= 4 is 39.2 Å². The molecule has 140 valence electrons. The predicted octanol–water partition coefficient (Wildman–Crippen LogP) is 3.72. The van der Waals surface area contributed by atoms with E-state index in [0.29, 0.717) is 27.0 Å². The van der Waals surface area contributed by atoms with Gasteiger partial charge in [0.05, 0.1) is 18.5 Å². The van der Waals surface area contributed by atoms with Crippen molar-refractivity contribution in [3.05, 3.63) is 63.9 Å². The zero-order chi connectivity index (χ0) is 19.7. The van der Waals surface area contributed by atoms with Crippen molar-refractivity contribution in [2.45, 2.75) is 25.9 Å². The summed E-state index contributed by atoms with van der Waals surface area (Å²) in [6.07, 6.45) is 0. The average molecular weight is 433 g/mol. The molecule has 0 aromatic heterocycles. The molecule has 1 heterocycles. The van der Waals surface area contributed by atoms with E-state index in [-0.39, 0.29) is 5.91 Å². The Morgan fingerprint density at radius 2 is 2.00 bits per heavy atom. The predicted molar refractivity (Wildman–Crippen MR) is 105 cm³/mol. The third kappa shape index (κ3) is 3.51. The summed E-state index contributed by atoms with van der Waals surface area (Å²) in [5.74, 6) is -1.27. The third-order valence-electron chi connectivity index (χ3n) is 4.43. The van der Waals surface area contributed by atoms with Crippen LogP contribution in [0.5, 0.6) is 0 Å². The molecule has 1 amide bonds. The Kier molecular flexibility index (Phi) is 5.41. The first-order chi connectivity index (χ1) is 12.8. The molecule has 2 atom stereocenters. The SMILES string of the molecule is COC(=O)C(C)N1C(=O)C(C)N=C(c2cccc(F)c2)c2cccc(Br)c21. The Morgan fingerprint density at radius 3 is 2.67 bits per heavy atom. The molecule has 0 aliphatic carbocycles. The lowest BCUT2D eigenvalue weighted by Crippen LogP contribution is -2.47. The molecule has 2 unspecified atom stereocenters. The highest BCUT2D eigenvalue weighted by Gasteiger charge is 2.37. The maximum Gasteiger partial charge on any atom is 0.328 e. The highest BCUT2D eigenvalue weighted by atomic mass is 79.9. The number of hydrogen-bond acceptors (Lipinski definition) is 4. The summed E-state index contributed by atoms with van der Waals surface area (Å²) >= 11 is 3.48. The van der Waals surface area contributed by atoms with Gasteiger partial charge in [0.2, 0.25) is 0 Å². The van der Waals surface area contributed by atoms with E-state index in [4.69, 9.17) is 4.74 Å². The molecule has 1 aliphatic heterocycles. The maximum atomic E-state index is 13.8. The minimum Gasteiger partial charge on any atom is -0.467 e. The van der Waals surface area contributed by atoms with Crippen molar-refractivity contribution in [3.63, 3.8) is 0 Å². The number of benzene rings is 2. The molecular formula is C20H18BrFN2O3. The van der Waals surface area contributed by atoms with Gasteiger partial charge in [-0.15, -0.1) is 0 Å². The van der Waals surface area contributed by atoms with E-state index >= 15 is 0 Å². The van der Waals surface area contributed by atoms with Gasteiger partial charge in [-0.3, -0.25) is 14.7 Å². The normalized spacial score (nSPS) is 17.7. The van der Waals surface area contributed by atoms with Crippen LogP contribution in [0.4, 0.5) is 10.1 Å². The minimum absolute atomic E-state index is 0.340. The molecule has 27 heavy (non-hydrogen) atoms. The summed E-state index contributed by atoms with van der Waals surface area (Å²) in [6.45, 7) is 3.26. The summed E-state index contributed by atoms with van der Waals surface area (Å²) in [7, 11) is 1.28. The van der Waals surface area contributed by atoms with Crippen LogP contribution in [0.1, 0.15) is 25.0 Å². The number of para-hydroxylation sites is 1. The molecule has 0 bridgehead atoms. The third-order valence-corrected chi connectivity index (χ3v) is 5.07. The maximum absolute atomic E-state index is 13.8. The molecule has 2 aromatic rings. The van der Waals surface area contributed by atoms with E-state index in [2.05, 4.69) is 20.9 Å². The minimum atomic E-state index is -0.843. The lowest BCUT2D eigenvalue weighted by molar-refractivity contribution is -0.143. The molecule has 1 aliphatic rings. The molecule has 5 nitrogen and oxygen atoms in total. The van der Waals surface area contributed by atoms with E-state index in [1.807, 2.05) is 0 Å². The van der Waals surface area contributed by atoms with E-state index in [0.717, 1.165) is 0 Å². The Bertz CT molecular complexity index is 945. The van der Waals surface area contributed by atoms with Gasteiger partial charge in [-0.05, 0) is 48.0 Å². The van der Waals surface area contributed by atoms with Crippen LogP contribution in [0.15, 0.2) is 51.9 Å². The standard InChI is InChI=1S/C20H18BrFN2O3/c1-11-19(25)24(12(2)20(26)27-3)18-15(8-5-9-16(18)21)17(23-11)13-6-4-7-14(22)10-13/h4-12H,1-3H3. The number of carbonyl (C=O) groups excluding carboxylic acids is 2. The number of nitrogens with zero attached hydrogens (tertiary/aromatic N) is 2. The number of ether oxygens (including phenoxy) is 1.